The van der Waals surface area contributed by atoms with E-state index in [-0.39, 0.29) is 12.5 Å². The zero-order valence-corrected chi connectivity index (χ0v) is 14.0. The second kappa shape index (κ2) is 7.36. The SMILES string of the molecule is O=C(NC1(CO)CCSCC1)c1ccc(NC2=NCCC2)cc1. The fourth-order valence-electron chi connectivity index (χ4n) is 2.91. The molecule has 6 heteroatoms. The summed E-state index contributed by atoms with van der Waals surface area (Å²) in [4.78, 5) is 16.8. The number of thioether (sulfide) groups is 1. The van der Waals surface area contributed by atoms with Crippen molar-refractivity contribution in [2.75, 3.05) is 30.0 Å². The average molecular weight is 333 g/mol. The summed E-state index contributed by atoms with van der Waals surface area (Å²) in [7, 11) is 0. The first-order valence-electron chi connectivity index (χ1n) is 8.12. The van der Waals surface area contributed by atoms with Crippen LogP contribution in [0, 0.1) is 0 Å². The fourth-order valence-corrected chi connectivity index (χ4v) is 4.19. The van der Waals surface area contributed by atoms with E-state index in [1.165, 1.54) is 0 Å². The van der Waals surface area contributed by atoms with Crippen LogP contribution < -0.4 is 10.6 Å². The lowest BCUT2D eigenvalue weighted by Gasteiger charge is -2.36. The molecule has 2 aliphatic heterocycles. The van der Waals surface area contributed by atoms with E-state index < -0.39 is 5.54 Å². The molecule has 1 fully saturated rings. The van der Waals surface area contributed by atoms with E-state index in [9.17, 15) is 9.90 Å². The molecule has 1 saturated heterocycles. The van der Waals surface area contributed by atoms with Crippen molar-refractivity contribution in [3.63, 3.8) is 0 Å². The van der Waals surface area contributed by atoms with E-state index in [4.69, 9.17) is 0 Å². The number of nitrogens with zero attached hydrogens (tertiary/aromatic N) is 1. The average Bonchev–Trinajstić information content (AvgIpc) is 3.09. The predicted octanol–water partition coefficient (Wildman–Crippen LogP) is 2.28. The molecule has 0 unspecified atom stereocenters. The Balaban J connectivity index is 1.62. The highest BCUT2D eigenvalue weighted by atomic mass is 32.2. The highest BCUT2D eigenvalue weighted by Gasteiger charge is 2.33. The maximum atomic E-state index is 12.5. The van der Waals surface area contributed by atoms with Gasteiger partial charge >= 0.3 is 0 Å². The molecule has 0 radical (unpaired) electrons. The van der Waals surface area contributed by atoms with Crippen molar-refractivity contribution in [1.29, 1.82) is 0 Å². The van der Waals surface area contributed by atoms with Gasteiger partial charge in [-0.25, -0.2) is 0 Å². The number of amidine groups is 1. The number of nitrogens with one attached hydrogen (secondary N) is 2. The highest BCUT2D eigenvalue weighted by Crippen LogP contribution is 2.27. The monoisotopic (exact) mass is 333 g/mol. The van der Waals surface area contributed by atoms with Crippen LogP contribution >= 0.6 is 11.8 Å². The van der Waals surface area contributed by atoms with Crippen molar-refractivity contribution < 1.29 is 9.90 Å². The van der Waals surface area contributed by atoms with Crippen molar-refractivity contribution in [2.45, 2.75) is 31.2 Å². The van der Waals surface area contributed by atoms with Gasteiger partial charge in [0, 0.05) is 24.2 Å². The minimum atomic E-state index is -0.460. The number of carbonyl (C=O) groups excluding carboxylic acids is 1. The van der Waals surface area contributed by atoms with Crippen molar-refractivity contribution in [3.05, 3.63) is 29.8 Å². The van der Waals surface area contributed by atoms with Gasteiger partial charge in [-0.2, -0.15) is 11.8 Å². The summed E-state index contributed by atoms with van der Waals surface area (Å²) in [5.41, 5.74) is 1.11. The van der Waals surface area contributed by atoms with Gasteiger partial charge in [0.25, 0.3) is 5.91 Å². The van der Waals surface area contributed by atoms with Crippen LogP contribution in [0.1, 0.15) is 36.0 Å². The van der Waals surface area contributed by atoms with Gasteiger partial charge in [-0.15, -0.1) is 0 Å². The number of anilines is 1. The normalized spacial score (nSPS) is 20.0. The van der Waals surface area contributed by atoms with Crippen molar-refractivity contribution in [2.24, 2.45) is 4.99 Å². The molecule has 1 aromatic carbocycles. The van der Waals surface area contributed by atoms with Gasteiger partial charge in [0.1, 0.15) is 5.84 Å². The molecular formula is C17H23N3O2S. The first-order chi connectivity index (χ1) is 11.2. The number of hydrogen-bond donors (Lipinski definition) is 3. The van der Waals surface area contributed by atoms with Gasteiger partial charge in [0.2, 0.25) is 0 Å². The number of hydrogen-bond acceptors (Lipinski definition) is 5. The van der Waals surface area contributed by atoms with Crippen LogP contribution in [0.25, 0.3) is 0 Å². The number of rotatable bonds is 4. The quantitative estimate of drug-likeness (QED) is 0.790. The smallest absolute Gasteiger partial charge is 0.251 e. The molecular weight excluding hydrogens is 310 g/mol. The molecule has 0 atom stereocenters. The standard InChI is InChI=1S/C17H23N3O2S/c21-12-17(7-10-23-11-8-17)20-16(22)13-3-5-14(6-4-13)19-15-2-1-9-18-15/h3-6,21H,1-2,7-12H2,(H,18,19)(H,20,22). The summed E-state index contributed by atoms with van der Waals surface area (Å²) < 4.78 is 0. The Hall–Kier alpha value is -1.53. The molecule has 1 aromatic rings. The van der Waals surface area contributed by atoms with Gasteiger partial charge in [-0.3, -0.25) is 9.79 Å². The highest BCUT2D eigenvalue weighted by molar-refractivity contribution is 7.99. The minimum Gasteiger partial charge on any atom is -0.394 e. The zero-order valence-electron chi connectivity index (χ0n) is 13.2. The number of aliphatic hydroxyl groups excluding tert-OH is 1. The Kier molecular flexibility index (Phi) is 5.23. The van der Waals surface area contributed by atoms with Crippen molar-refractivity contribution in [3.8, 4) is 0 Å². The molecule has 2 aliphatic rings. The van der Waals surface area contributed by atoms with E-state index in [0.717, 1.165) is 55.3 Å². The summed E-state index contributed by atoms with van der Waals surface area (Å²) >= 11 is 1.87. The fraction of sp³-hybridized carbons (Fsp3) is 0.529. The molecule has 3 rings (SSSR count). The Labute approximate surface area is 141 Å². The van der Waals surface area contributed by atoms with Gasteiger partial charge in [0.15, 0.2) is 0 Å². The molecule has 0 aromatic heterocycles. The largest absolute Gasteiger partial charge is 0.394 e. The lowest BCUT2D eigenvalue weighted by atomic mass is 9.92. The minimum absolute atomic E-state index is 0.00123. The van der Waals surface area contributed by atoms with Crippen LogP contribution in [-0.4, -0.2) is 47.0 Å². The Morgan fingerprint density at radius 1 is 1.26 bits per heavy atom. The summed E-state index contributed by atoms with van der Waals surface area (Å²) in [6.07, 6.45) is 3.72. The van der Waals surface area contributed by atoms with Crippen LogP contribution in [0.3, 0.4) is 0 Å². The van der Waals surface area contributed by atoms with E-state index in [1.807, 2.05) is 36.0 Å². The molecule has 3 N–H and O–H groups in total. The maximum Gasteiger partial charge on any atom is 0.251 e. The molecule has 0 bridgehead atoms. The Morgan fingerprint density at radius 2 is 2.00 bits per heavy atom. The Morgan fingerprint density at radius 3 is 2.61 bits per heavy atom. The lowest BCUT2D eigenvalue weighted by Crippen LogP contribution is -2.53. The number of aliphatic imine (C=N–C) groups is 1. The van der Waals surface area contributed by atoms with Crippen LogP contribution in [0.2, 0.25) is 0 Å². The first kappa shape index (κ1) is 16.3. The molecule has 1 amide bonds. The summed E-state index contributed by atoms with van der Waals surface area (Å²) in [5, 5.41) is 16.0. The van der Waals surface area contributed by atoms with Crippen molar-refractivity contribution in [1.82, 2.24) is 5.32 Å². The third-order valence-corrected chi connectivity index (χ3v) is 5.43. The van der Waals surface area contributed by atoms with Crippen LogP contribution in [0.4, 0.5) is 5.69 Å². The summed E-state index contributed by atoms with van der Waals surface area (Å²) in [5.74, 6) is 2.86. The molecule has 0 saturated carbocycles. The molecule has 23 heavy (non-hydrogen) atoms. The second-order valence-corrected chi connectivity index (χ2v) is 7.36. The van der Waals surface area contributed by atoms with Gasteiger partial charge in [-0.05, 0) is 55.0 Å². The van der Waals surface area contributed by atoms with Crippen molar-refractivity contribution >= 4 is 29.2 Å². The van der Waals surface area contributed by atoms with Crippen LogP contribution in [-0.2, 0) is 0 Å². The maximum absolute atomic E-state index is 12.5. The number of amides is 1. The number of aliphatic hydroxyl groups is 1. The van der Waals surface area contributed by atoms with Gasteiger partial charge < -0.3 is 15.7 Å². The second-order valence-electron chi connectivity index (χ2n) is 6.14. The summed E-state index contributed by atoms with van der Waals surface area (Å²) in [6, 6.07) is 7.43. The lowest BCUT2D eigenvalue weighted by molar-refractivity contribution is 0.0817. The van der Waals surface area contributed by atoms with Crippen LogP contribution in [0.5, 0.6) is 0 Å². The summed E-state index contributed by atoms with van der Waals surface area (Å²) in [6.45, 7) is 0.892. The number of benzene rings is 1. The third-order valence-electron chi connectivity index (χ3n) is 4.44. The van der Waals surface area contributed by atoms with Gasteiger partial charge in [0.05, 0.1) is 12.1 Å². The Bertz CT molecular complexity index is 580. The topological polar surface area (TPSA) is 73.7 Å². The predicted molar refractivity (Wildman–Crippen MR) is 95.4 cm³/mol. The van der Waals surface area contributed by atoms with E-state index in [2.05, 4.69) is 15.6 Å². The molecule has 2 heterocycles. The molecule has 0 aliphatic carbocycles. The van der Waals surface area contributed by atoms with Crippen LogP contribution in [0.15, 0.2) is 29.3 Å². The van der Waals surface area contributed by atoms with E-state index in [0.29, 0.717) is 5.56 Å². The van der Waals surface area contributed by atoms with E-state index in [1.54, 1.807) is 0 Å². The third kappa shape index (κ3) is 4.06. The van der Waals surface area contributed by atoms with Gasteiger partial charge in [-0.1, -0.05) is 0 Å². The van der Waals surface area contributed by atoms with E-state index >= 15 is 0 Å². The molecule has 5 nitrogen and oxygen atoms in total. The molecule has 124 valence electrons. The molecule has 0 spiro atoms. The zero-order chi connectivity index (χ0) is 16.1. The first-order valence-corrected chi connectivity index (χ1v) is 9.28. The number of carbonyl (C=O) groups is 1.